The fourth-order valence-electron chi connectivity index (χ4n) is 3.29. The Labute approximate surface area is 141 Å². The van der Waals surface area contributed by atoms with Gasteiger partial charge in [0.2, 0.25) is 5.88 Å². The molecule has 0 unspecified atom stereocenters. The van der Waals surface area contributed by atoms with Gasteiger partial charge in [-0.2, -0.15) is 0 Å². The predicted molar refractivity (Wildman–Crippen MR) is 87.2 cm³/mol. The molecule has 0 radical (unpaired) electrons. The number of hydrogen-bond donors (Lipinski definition) is 1. The molecule has 24 heavy (non-hydrogen) atoms. The molecule has 1 aliphatic rings. The first-order valence-corrected chi connectivity index (χ1v) is 8.38. The van der Waals surface area contributed by atoms with E-state index < -0.39 is 18.5 Å². The molecule has 1 aromatic heterocycles. The van der Waals surface area contributed by atoms with Crippen molar-refractivity contribution in [1.82, 2.24) is 5.16 Å². The molecule has 0 aliphatic heterocycles. The number of nitrogen functional groups attached to an aromatic ring is 1. The average Bonchev–Trinajstić information content (AvgIpc) is 2.83. The largest absolute Gasteiger partial charge is 0.460 e. The summed E-state index contributed by atoms with van der Waals surface area (Å²) in [7, 11) is 0. The molecule has 2 N–H and O–H groups in total. The van der Waals surface area contributed by atoms with E-state index in [4.69, 9.17) is 19.7 Å². The van der Waals surface area contributed by atoms with E-state index in [1.807, 2.05) is 0 Å². The van der Waals surface area contributed by atoms with Crippen LogP contribution < -0.4 is 5.73 Å². The summed E-state index contributed by atoms with van der Waals surface area (Å²) in [5.74, 6) is -0.0813. The van der Waals surface area contributed by atoms with Gasteiger partial charge in [0.05, 0.1) is 5.69 Å². The van der Waals surface area contributed by atoms with Gasteiger partial charge in [0, 0.05) is 0 Å². The van der Waals surface area contributed by atoms with Crippen LogP contribution in [0.5, 0.6) is 0 Å². The van der Waals surface area contributed by atoms with Crippen molar-refractivity contribution in [2.75, 3.05) is 12.3 Å². The number of nitrogens with two attached hydrogens (primary N) is 1. The number of nitrogens with zero attached hydrogens (tertiary/aromatic N) is 1. The maximum absolute atomic E-state index is 12.1. The van der Waals surface area contributed by atoms with E-state index in [1.165, 1.54) is 0 Å². The molecule has 0 spiro atoms. The average molecular weight is 338 g/mol. The van der Waals surface area contributed by atoms with Crippen LogP contribution in [0.3, 0.4) is 0 Å². The lowest BCUT2D eigenvalue weighted by Gasteiger charge is -2.36. The van der Waals surface area contributed by atoms with Gasteiger partial charge >= 0.3 is 11.9 Å². The van der Waals surface area contributed by atoms with E-state index in [1.54, 1.807) is 6.92 Å². The fourth-order valence-corrected chi connectivity index (χ4v) is 3.29. The van der Waals surface area contributed by atoms with Crippen LogP contribution in [0.25, 0.3) is 0 Å². The summed E-state index contributed by atoms with van der Waals surface area (Å²) in [5, 5.41) is 3.58. The Bertz CT molecular complexity index is 576. The summed E-state index contributed by atoms with van der Waals surface area (Å²) in [6, 6.07) is 0. The van der Waals surface area contributed by atoms with Crippen molar-refractivity contribution >= 4 is 17.8 Å². The van der Waals surface area contributed by atoms with Crippen LogP contribution in [0.1, 0.15) is 56.1 Å². The molecular weight excluding hydrogens is 312 g/mol. The highest BCUT2D eigenvalue weighted by atomic mass is 16.6. The number of rotatable bonds is 5. The highest BCUT2D eigenvalue weighted by Gasteiger charge is 2.33. The lowest BCUT2D eigenvalue weighted by molar-refractivity contribution is -0.159. The molecule has 7 nitrogen and oxygen atoms in total. The maximum atomic E-state index is 12.1. The number of esters is 2. The Hall–Kier alpha value is -2.05. The summed E-state index contributed by atoms with van der Waals surface area (Å²) < 4.78 is 15.3. The zero-order chi connectivity index (χ0) is 17.9. The number of hydrogen-bond acceptors (Lipinski definition) is 7. The Balaban J connectivity index is 1.89. The third kappa shape index (κ3) is 4.27. The fraction of sp³-hybridized carbons (Fsp3) is 0.706. The number of aromatic nitrogens is 1. The van der Waals surface area contributed by atoms with E-state index in [9.17, 15) is 9.59 Å². The molecule has 0 aromatic carbocycles. The topological polar surface area (TPSA) is 105 Å². The van der Waals surface area contributed by atoms with Crippen molar-refractivity contribution in [1.29, 1.82) is 0 Å². The van der Waals surface area contributed by atoms with Gasteiger partial charge in [-0.3, -0.25) is 0 Å². The van der Waals surface area contributed by atoms with Gasteiger partial charge in [0.25, 0.3) is 0 Å². The summed E-state index contributed by atoms with van der Waals surface area (Å²) in [6.07, 6.45) is 2.92. The lowest BCUT2D eigenvalue weighted by atomic mass is 9.75. The zero-order valence-corrected chi connectivity index (χ0v) is 14.7. The standard InChI is InChI=1S/C17H26N2O5/c1-9(2)12-6-5-10(3)7-13(12)23-14(20)8-22-17(21)15-11(4)19-24-16(15)18/h9-10,12-13H,5-8,18H2,1-4H3/t10-,12+,13-/m1/s1. The van der Waals surface area contributed by atoms with Crippen LogP contribution in [-0.4, -0.2) is 29.8 Å². The van der Waals surface area contributed by atoms with E-state index >= 15 is 0 Å². The second kappa shape index (κ2) is 7.68. The second-order valence-corrected chi connectivity index (χ2v) is 6.94. The van der Waals surface area contributed by atoms with Crippen LogP contribution >= 0.6 is 0 Å². The van der Waals surface area contributed by atoms with Gasteiger partial charge in [0.1, 0.15) is 11.7 Å². The normalized spacial score (nSPS) is 24.0. The lowest BCUT2D eigenvalue weighted by Crippen LogP contribution is -2.36. The summed E-state index contributed by atoms with van der Waals surface area (Å²) in [6.45, 7) is 7.57. The molecule has 3 atom stereocenters. The monoisotopic (exact) mass is 338 g/mol. The van der Waals surface area contributed by atoms with E-state index in [0.29, 0.717) is 23.4 Å². The van der Waals surface area contributed by atoms with Gasteiger partial charge in [-0.25, -0.2) is 9.59 Å². The first-order chi connectivity index (χ1) is 11.3. The number of ether oxygens (including phenoxy) is 2. The van der Waals surface area contributed by atoms with Crippen LogP contribution in [-0.2, 0) is 14.3 Å². The smallest absolute Gasteiger partial charge is 0.346 e. The van der Waals surface area contributed by atoms with Crippen molar-refractivity contribution < 1.29 is 23.6 Å². The molecule has 1 saturated carbocycles. The summed E-state index contributed by atoms with van der Waals surface area (Å²) >= 11 is 0. The Morgan fingerprint density at radius 1 is 1.38 bits per heavy atom. The summed E-state index contributed by atoms with van der Waals surface area (Å²) in [5.41, 5.74) is 5.89. The molecule has 134 valence electrons. The highest BCUT2D eigenvalue weighted by Crippen LogP contribution is 2.35. The van der Waals surface area contributed by atoms with Crippen LogP contribution in [0.4, 0.5) is 5.88 Å². The van der Waals surface area contributed by atoms with Gasteiger partial charge in [-0.1, -0.05) is 32.3 Å². The van der Waals surface area contributed by atoms with Crippen LogP contribution in [0.15, 0.2) is 4.52 Å². The van der Waals surface area contributed by atoms with Gasteiger partial charge < -0.3 is 19.7 Å². The third-order valence-electron chi connectivity index (χ3n) is 4.66. The molecule has 1 aliphatic carbocycles. The molecule has 1 aromatic rings. The van der Waals surface area contributed by atoms with E-state index in [2.05, 4.69) is 25.9 Å². The SMILES string of the molecule is Cc1noc(N)c1C(=O)OCC(=O)O[C@@H]1C[C@H](C)CC[C@H]1C(C)C. The van der Waals surface area contributed by atoms with Crippen molar-refractivity contribution in [2.45, 2.75) is 53.1 Å². The van der Waals surface area contributed by atoms with Crippen molar-refractivity contribution in [2.24, 2.45) is 17.8 Å². The Morgan fingerprint density at radius 2 is 2.08 bits per heavy atom. The molecule has 1 fully saturated rings. The maximum Gasteiger partial charge on any atom is 0.346 e. The number of carbonyl (C=O) groups excluding carboxylic acids is 2. The Morgan fingerprint density at radius 3 is 2.67 bits per heavy atom. The number of aryl methyl sites for hydroxylation is 1. The van der Waals surface area contributed by atoms with Crippen molar-refractivity contribution in [3.63, 3.8) is 0 Å². The second-order valence-electron chi connectivity index (χ2n) is 6.94. The molecule has 2 rings (SSSR count). The Kier molecular flexibility index (Phi) is 5.85. The molecule has 1 heterocycles. The minimum Gasteiger partial charge on any atom is -0.460 e. The van der Waals surface area contributed by atoms with Gasteiger partial charge in [-0.05, 0) is 37.5 Å². The molecule has 0 amide bonds. The molecule has 0 bridgehead atoms. The van der Waals surface area contributed by atoms with Gasteiger partial charge in [-0.15, -0.1) is 0 Å². The highest BCUT2D eigenvalue weighted by molar-refractivity contribution is 5.95. The van der Waals surface area contributed by atoms with E-state index in [-0.39, 0.29) is 17.6 Å². The molecule has 7 heteroatoms. The minimum atomic E-state index is -0.736. The predicted octanol–water partition coefficient (Wildman–Crippen LogP) is 2.73. The van der Waals surface area contributed by atoms with E-state index in [0.717, 1.165) is 19.3 Å². The van der Waals surface area contributed by atoms with Crippen LogP contribution in [0, 0.1) is 24.7 Å². The first kappa shape index (κ1) is 18.3. The molecular formula is C17H26N2O5. The minimum absolute atomic E-state index is 0.0501. The summed E-state index contributed by atoms with van der Waals surface area (Å²) in [4.78, 5) is 24.0. The van der Waals surface area contributed by atoms with Crippen molar-refractivity contribution in [3.8, 4) is 0 Å². The van der Waals surface area contributed by atoms with Gasteiger partial charge in [0.15, 0.2) is 6.61 Å². The molecule has 0 saturated heterocycles. The number of anilines is 1. The zero-order valence-electron chi connectivity index (χ0n) is 14.7. The van der Waals surface area contributed by atoms with Crippen molar-refractivity contribution in [3.05, 3.63) is 11.3 Å². The first-order valence-electron chi connectivity index (χ1n) is 8.38. The third-order valence-corrected chi connectivity index (χ3v) is 4.66. The van der Waals surface area contributed by atoms with Crippen LogP contribution in [0.2, 0.25) is 0 Å². The number of carbonyl (C=O) groups is 2. The quantitative estimate of drug-likeness (QED) is 0.823.